The zero-order valence-electron chi connectivity index (χ0n) is 11.7. The van der Waals surface area contributed by atoms with Crippen LogP contribution in [-0.4, -0.2) is 70.1 Å². The highest BCUT2D eigenvalue weighted by Crippen LogP contribution is 1.86. The van der Waals surface area contributed by atoms with Crippen LogP contribution in [0.3, 0.4) is 0 Å². The van der Waals surface area contributed by atoms with Crippen LogP contribution in [0.4, 0.5) is 0 Å². The van der Waals surface area contributed by atoms with Gasteiger partial charge < -0.3 is 32.1 Å². The Morgan fingerprint density at radius 1 is 0.889 bits per heavy atom. The van der Waals surface area contributed by atoms with Crippen molar-refractivity contribution in [1.29, 1.82) is 0 Å². The minimum Gasteiger partial charge on any atom is -0.395 e. The predicted octanol–water partition coefficient (Wildman–Crippen LogP) is -1.93. The first-order valence-corrected chi connectivity index (χ1v) is 7.01. The summed E-state index contributed by atoms with van der Waals surface area (Å²) in [6.07, 6.45) is 0.966. The average molecular weight is 261 g/mol. The number of aliphatic hydroxyl groups is 1. The van der Waals surface area contributed by atoms with Gasteiger partial charge in [-0.3, -0.25) is 0 Å². The monoisotopic (exact) mass is 261 g/mol. The molecule has 0 aromatic rings. The Morgan fingerprint density at radius 3 is 1.83 bits per heavy atom. The van der Waals surface area contributed by atoms with Crippen LogP contribution in [0.25, 0.3) is 0 Å². The van der Waals surface area contributed by atoms with E-state index >= 15 is 0 Å². The maximum Gasteiger partial charge on any atom is 0.0584 e. The van der Waals surface area contributed by atoms with Crippen LogP contribution in [0.1, 0.15) is 13.3 Å². The molecule has 0 aliphatic heterocycles. The zero-order chi connectivity index (χ0) is 13.5. The van der Waals surface area contributed by atoms with E-state index in [2.05, 4.69) is 28.2 Å². The van der Waals surface area contributed by atoms with E-state index in [4.69, 9.17) is 10.8 Å². The van der Waals surface area contributed by atoms with Crippen LogP contribution < -0.4 is 27.0 Å². The molecule has 7 N–H and O–H groups in total. The van der Waals surface area contributed by atoms with Gasteiger partial charge in [0.2, 0.25) is 0 Å². The molecule has 0 aromatic heterocycles. The van der Waals surface area contributed by atoms with Crippen molar-refractivity contribution in [3.05, 3.63) is 0 Å². The molecule has 1 unspecified atom stereocenters. The van der Waals surface area contributed by atoms with Crippen LogP contribution in [0, 0.1) is 0 Å². The van der Waals surface area contributed by atoms with Gasteiger partial charge in [-0.05, 0) is 6.42 Å². The smallest absolute Gasteiger partial charge is 0.0584 e. The molecule has 0 amide bonds. The maximum atomic E-state index is 8.98. The van der Waals surface area contributed by atoms with Gasteiger partial charge in [0.05, 0.1) is 6.61 Å². The predicted molar refractivity (Wildman–Crippen MR) is 76.8 cm³/mol. The minimum atomic E-state index is 0.216. The number of nitrogens with two attached hydrogens (primary N) is 1. The van der Waals surface area contributed by atoms with Gasteiger partial charge in [-0.1, -0.05) is 6.92 Å². The SMILES string of the molecule is CCC(CO)NCCNCCNCCNCCN. The average Bonchev–Trinajstić information content (AvgIpc) is 2.40. The summed E-state index contributed by atoms with van der Waals surface area (Å²) in [7, 11) is 0. The van der Waals surface area contributed by atoms with E-state index in [0.29, 0.717) is 6.54 Å². The second kappa shape index (κ2) is 14.8. The van der Waals surface area contributed by atoms with E-state index < -0.39 is 0 Å². The van der Waals surface area contributed by atoms with Crippen molar-refractivity contribution >= 4 is 0 Å². The van der Waals surface area contributed by atoms with Crippen LogP contribution in [0.15, 0.2) is 0 Å². The van der Waals surface area contributed by atoms with Gasteiger partial charge in [0.15, 0.2) is 0 Å². The van der Waals surface area contributed by atoms with Gasteiger partial charge in [0.1, 0.15) is 0 Å². The highest BCUT2D eigenvalue weighted by atomic mass is 16.3. The first kappa shape index (κ1) is 17.8. The van der Waals surface area contributed by atoms with E-state index in [0.717, 1.165) is 52.2 Å². The Labute approximate surface area is 111 Å². The van der Waals surface area contributed by atoms with Crippen molar-refractivity contribution in [3.63, 3.8) is 0 Å². The molecule has 6 nitrogen and oxygen atoms in total. The molecule has 0 saturated carbocycles. The Balaban J connectivity index is 3.03. The molecule has 110 valence electrons. The fourth-order valence-electron chi connectivity index (χ4n) is 1.53. The molecule has 0 radical (unpaired) electrons. The lowest BCUT2D eigenvalue weighted by Gasteiger charge is -2.14. The van der Waals surface area contributed by atoms with Crippen molar-refractivity contribution in [2.75, 3.05) is 59.0 Å². The summed E-state index contributed by atoms with van der Waals surface area (Å²) >= 11 is 0. The summed E-state index contributed by atoms with van der Waals surface area (Å²) < 4.78 is 0. The lowest BCUT2D eigenvalue weighted by molar-refractivity contribution is 0.239. The lowest BCUT2D eigenvalue weighted by Crippen LogP contribution is -2.39. The quantitative estimate of drug-likeness (QED) is 0.204. The van der Waals surface area contributed by atoms with E-state index in [9.17, 15) is 0 Å². The molecule has 0 rings (SSSR count). The second-order valence-electron chi connectivity index (χ2n) is 4.28. The molecule has 1 atom stereocenters. The van der Waals surface area contributed by atoms with E-state index in [1.165, 1.54) is 0 Å². The largest absolute Gasteiger partial charge is 0.395 e. The van der Waals surface area contributed by atoms with Crippen LogP contribution in [-0.2, 0) is 0 Å². The van der Waals surface area contributed by atoms with Gasteiger partial charge in [0, 0.05) is 58.4 Å². The highest BCUT2D eigenvalue weighted by molar-refractivity contribution is 4.63. The number of hydrogen-bond donors (Lipinski definition) is 6. The number of rotatable bonds is 14. The molecule has 0 fully saturated rings. The van der Waals surface area contributed by atoms with Crippen molar-refractivity contribution in [2.45, 2.75) is 19.4 Å². The van der Waals surface area contributed by atoms with E-state index in [1.54, 1.807) is 0 Å². The summed E-state index contributed by atoms with van der Waals surface area (Å²) in [5.41, 5.74) is 5.36. The van der Waals surface area contributed by atoms with Gasteiger partial charge in [0.25, 0.3) is 0 Å². The summed E-state index contributed by atoms with van der Waals surface area (Å²) in [4.78, 5) is 0. The molecular weight excluding hydrogens is 230 g/mol. The Kier molecular flexibility index (Phi) is 14.6. The van der Waals surface area contributed by atoms with Gasteiger partial charge in [-0.25, -0.2) is 0 Å². The molecule has 0 saturated heterocycles. The molecule has 0 heterocycles. The maximum absolute atomic E-state index is 8.98. The van der Waals surface area contributed by atoms with Crippen molar-refractivity contribution in [1.82, 2.24) is 21.3 Å². The third-order valence-electron chi connectivity index (χ3n) is 2.73. The summed E-state index contributed by atoms with van der Waals surface area (Å²) in [5, 5.41) is 22.2. The van der Waals surface area contributed by atoms with Crippen LogP contribution in [0.5, 0.6) is 0 Å². The standard InChI is InChI=1S/C12H31N5O/c1-2-12(11-18)17-10-9-16-8-7-15-6-5-14-4-3-13/h12,14-18H,2-11,13H2,1H3. The lowest BCUT2D eigenvalue weighted by atomic mass is 10.2. The van der Waals surface area contributed by atoms with Gasteiger partial charge in [-0.2, -0.15) is 0 Å². The number of nitrogens with one attached hydrogen (secondary N) is 4. The van der Waals surface area contributed by atoms with Crippen molar-refractivity contribution in [2.24, 2.45) is 5.73 Å². The van der Waals surface area contributed by atoms with Crippen molar-refractivity contribution in [3.8, 4) is 0 Å². The summed E-state index contributed by atoms with van der Waals surface area (Å²) in [6.45, 7) is 9.58. The van der Waals surface area contributed by atoms with Crippen molar-refractivity contribution < 1.29 is 5.11 Å². The molecule has 18 heavy (non-hydrogen) atoms. The molecule has 0 aromatic carbocycles. The molecule has 0 spiro atoms. The zero-order valence-corrected chi connectivity index (χ0v) is 11.7. The van der Waals surface area contributed by atoms with Crippen LogP contribution in [0.2, 0.25) is 0 Å². The fraction of sp³-hybridized carbons (Fsp3) is 1.00. The Morgan fingerprint density at radius 2 is 1.39 bits per heavy atom. The molecule has 0 aliphatic rings. The van der Waals surface area contributed by atoms with E-state index in [1.807, 2.05) is 0 Å². The highest BCUT2D eigenvalue weighted by Gasteiger charge is 2.01. The van der Waals surface area contributed by atoms with Gasteiger partial charge in [-0.15, -0.1) is 0 Å². The summed E-state index contributed by atoms with van der Waals surface area (Å²) in [5.74, 6) is 0. The van der Waals surface area contributed by atoms with Crippen LogP contribution >= 0.6 is 0 Å². The molecule has 0 aliphatic carbocycles. The first-order chi connectivity index (χ1) is 8.85. The summed E-state index contributed by atoms with van der Waals surface area (Å²) in [6, 6.07) is 0.235. The fourth-order valence-corrected chi connectivity index (χ4v) is 1.53. The number of aliphatic hydroxyl groups excluding tert-OH is 1. The molecule has 0 bridgehead atoms. The Hall–Kier alpha value is -0.240. The topological polar surface area (TPSA) is 94.4 Å². The molecule has 6 heteroatoms. The minimum absolute atomic E-state index is 0.216. The third-order valence-corrected chi connectivity index (χ3v) is 2.73. The Bertz CT molecular complexity index is 155. The van der Waals surface area contributed by atoms with Gasteiger partial charge >= 0.3 is 0 Å². The number of hydrogen-bond acceptors (Lipinski definition) is 6. The van der Waals surface area contributed by atoms with E-state index in [-0.39, 0.29) is 12.6 Å². The molecular formula is C12H31N5O. The third kappa shape index (κ3) is 12.2. The second-order valence-corrected chi connectivity index (χ2v) is 4.28. The normalized spacial score (nSPS) is 12.8. The first-order valence-electron chi connectivity index (χ1n) is 7.01.